The minimum Gasteiger partial charge on any atom is -0.383 e. The first-order valence-corrected chi connectivity index (χ1v) is 7.60. The molecule has 25 heavy (non-hydrogen) atoms. The van der Waals surface area contributed by atoms with Crippen molar-refractivity contribution in [1.82, 2.24) is 15.3 Å². The van der Waals surface area contributed by atoms with Gasteiger partial charge in [0.25, 0.3) is 5.91 Å². The maximum Gasteiger partial charge on any atom is 0.256 e. The molecule has 0 aliphatic rings. The van der Waals surface area contributed by atoms with Crippen molar-refractivity contribution in [1.29, 1.82) is 0 Å². The fourth-order valence-electron chi connectivity index (χ4n) is 2.31. The third-order valence-corrected chi connectivity index (χ3v) is 3.89. The lowest BCUT2D eigenvalue weighted by Crippen LogP contribution is -2.44. The zero-order valence-electron chi connectivity index (χ0n) is 14.4. The van der Waals surface area contributed by atoms with Gasteiger partial charge in [-0.05, 0) is 13.0 Å². The summed E-state index contributed by atoms with van der Waals surface area (Å²) >= 11 is 0. The van der Waals surface area contributed by atoms with Crippen molar-refractivity contribution in [3.63, 3.8) is 0 Å². The van der Waals surface area contributed by atoms with Crippen LogP contribution < -0.4 is 11.1 Å². The number of nitrogens with two attached hydrogens (primary N) is 1. The van der Waals surface area contributed by atoms with E-state index in [1.807, 2.05) is 0 Å². The molecular formula is C17H21FN4O3. The van der Waals surface area contributed by atoms with E-state index in [0.717, 1.165) is 0 Å². The zero-order valence-corrected chi connectivity index (χ0v) is 14.4. The summed E-state index contributed by atoms with van der Waals surface area (Å²) in [5.41, 5.74) is 5.08. The predicted octanol–water partition coefficient (Wildman–Crippen LogP) is 1.52. The van der Waals surface area contributed by atoms with Crippen molar-refractivity contribution < 1.29 is 18.7 Å². The Labute approximate surface area is 145 Å². The fourth-order valence-corrected chi connectivity index (χ4v) is 2.31. The summed E-state index contributed by atoms with van der Waals surface area (Å²) in [6.07, 6.45) is 1.52. The van der Waals surface area contributed by atoms with Crippen molar-refractivity contribution in [2.45, 2.75) is 25.7 Å². The third kappa shape index (κ3) is 4.09. The lowest BCUT2D eigenvalue weighted by atomic mass is 9.94. The van der Waals surface area contributed by atoms with Gasteiger partial charge < -0.3 is 20.5 Å². The Bertz CT molecular complexity index is 756. The molecule has 1 atom stereocenters. The SMILES string of the molecule is COCc1ncc(CNC(=O)[C@](C)(OC)c2ccccc2F)c(N)n1. The molecule has 0 saturated carbocycles. The van der Waals surface area contributed by atoms with Crippen molar-refractivity contribution in [3.05, 3.63) is 53.2 Å². The molecule has 2 rings (SSSR count). The van der Waals surface area contributed by atoms with E-state index in [9.17, 15) is 9.18 Å². The van der Waals surface area contributed by atoms with E-state index >= 15 is 0 Å². The maximum atomic E-state index is 14.1. The van der Waals surface area contributed by atoms with Gasteiger partial charge >= 0.3 is 0 Å². The quantitative estimate of drug-likeness (QED) is 0.787. The average Bonchev–Trinajstić information content (AvgIpc) is 2.60. The summed E-state index contributed by atoms with van der Waals surface area (Å²) in [5.74, 6) is -0.329. The molecule has 0 aliphatic heterocycles. The Morgan fingerprint density at radius 3 is 2.68 bits per heavy atom. The molecular weight excluding hydrogens is 327 g/mol. The number of methoxy groups -OCH3 is 2. The molecule has 0 bridgehead atoms. The average molecular weight is 348 g/mol. The van der Waals surface area contributed by atoms with Crippen LogP contribution in [0.25, 0.3) is 0 Å². The van der Waals surface area contributed by atoms with Crippen LogP contribution in [0, 0.1) is 5.82 Å². The van der Waals surface area contributed by atoms with Crippen LogP contribution in [-0.2, 0) is 33.0 Å². The highest BCUT2D eigenvalue weighted by Gasteiger charge is 2.37. The number of benzene rings is 1. The smallest absolute Gasteiger partial charge is 0.256 e. The molecule has 0 unspecified atom stereocenters. The Balaban J connectivity index is 2.14. The number of hydrogen-bond acceptors (Lipinski definition) is 6. The first kappa shape index (κ1) is 18.8. The van der Waals surface area contributed by atoms with Crippen LogP contribution in [0.3, 0.4) is 0 Å². The summed E-state index contributed by atoms with van der Waals surface area (Å²) in [6.45, 7) is 1.83. The van der Waals surface area contributed by atoms with Crippen LogP contribution in [0.15, 0.2) is 30.5 Å². The highest BCUT2D eigenvalue weighted by atomic mass is 19.1. The number of hydrogen-bond donors (Lipinski definition) is 2. The second-order valence-electron chi connectivity index (χ2n) is 5.53. The molecule has 1 aromatic carbocycles. The number of halogens is 1. The molecule has 1 heterocycles. The van der Waals surface area contributed by atoms with Gasteiger partial charge in [0.1, 0.15) is 18.2 Å². The van der Waals surface area contributed by atoms with Crippen LogP contribution >= 0.6 is 0 Å². The number of ether oxygens (including phenoxy) is 2. The Morgan fingerprint density at radius 2 is 2.08 bits per heavy atom. The molecule has 2 aromatic rings. The number of amides is 1. The number of anilines is 1. The summed E-state index contributed by atoms with van der Waals surface area (Å²) in [5, 5.41) is 2.69. The molecule has 7 nitrogen and oxygen atoms in total. The fraction of sp³-hybridized carbons (Fsp3) is 0.353. The first-order chi connectivity index (χ1) is 11.9. The number of nitrogens with one attached hydrogen (secondary N) is 1. The van der Waals surface area contributed by atoms with Gasteiger partial charge in [0.15, 0.2) is 11.4 Å². The summed E-state index contributed by atoms with van der Waals surface area (Å²) in [6, 6.07) is 5.98. The van der Waals surface area contributed by atoms with E-state index in [1.54, 1.807) is 12.1 Å². The van der Waals surface area contributed by atoms with Gasteiger partial charge in [0.2, 0.25) is 0 Å². The van der Waals surface area contributed by atoms with Gasteiger partial charge in [-0.3, -0.25) is 4.79 Å². The van der Waals surface area contributed by atoms with E-state index in [1.165, 1.54) is 39.5 Å². The summed E-state index contributed by atoms with van der Waals surface area (Å²) in [7, 11) is 2.88. The predicted molar refractivity (Wildman–Crippen MR) is 89.8 cm³/mol. The van der Waals surface area contributed by atoms with Gasteiger partial charge in [-0.2, -0.15) is 0 Å². The lowest BCUT2D eigenvalue weighted by Gasteiger charge is -2.27. The van der Waals surface area contributed by atoms with Gasteiger partial charge in [-0.15, -0.1) is 0 Å². The molecule has 134 valence electrons. The highest BCUT2D eigenvalue weighted by molar-refractivity contribution is 5.86. The van der Waals surface area contributed by atoms with Crippen molar-refractivity contribution in [3.8, 4) is 0 Å². The van der Waals surface area contributed by atoms with E-state index in [2.05, 4.69) is 15.3 Å². The molecule has 1 aromatic heterocycles. The topological polar surface area (TPSA) is 99.4 Å². The van der Waals surface area contributed by atoms with Crippen LogP contribution in [0.2, 0.25) is 0 Å². The van der Waals surface area contributed by atoms with E-state index < -0.39 is 17.3 Å². The second-order valence-corrected chi connectivity index (χ2v) is 5.53. The third-order valence-electron chi connectivity index (χ3n) is 3.89. The number of nitrogens with zero attached hydrogens (tertiary/aromatic N) is 2. The largest absolute Gasteiger partial charge is 0.383 e. The molecule has 0 saturated heterocycles. The zero-order chi connectivity index (χ0) is 18.4. The Morgan fingerprint density at radius 1 is 1.36 bits per heavy atom. The number of aromatic nitrogens is 2. The van der Waals surface area contributed by atoms with Crippen LogP contribution in [0.1, 0.15) is 23.9 Å². The summed E-state index contributed by atoms with van der Waals surface area (Å²) in [4.78, 5) is 20.8. The minimum atomic E-state index is -1.48. The van der Waals surface area contributed by atoms with E-state index in [0.29, 0.717) is 11.4 Å². The van der Waals surface area contributed by atoms with Crippen LogP contribution in [0.4, 0.5) is 10.2 Å². The molecule has 1 amide bonds. The number of carbonyl (C=O) groups is 1. The maximum absolute atomic E-state index is 14.1. The van der Waals surface area contributed by atoms with Crippen molar-refractivity contribution >= 4 is 11.7 Å². The Kier molecular flexibility index (Phi) is 6.00. The Hall–Kier alpha value is -2.58. The highest BCUT2D eigenvalue weighted by Crippen LogP contribution is 2.27. The number of nitrogen functional groups attached to an aromatic ring is 1. The van der Waals surface area contributed by atoms with Crippen molar-refractivity contribution in [2.24, 2.45) is 0 Å². The molecule has 8 heteroatoms. The molecule has 3 N–H and O–H groups in total. The van der Waals surface area contributed by atoms with Gasteiger partial charge in [-0.1, -0.05) is 18.2 Å². The number of rotatable bonds is 7. The first-order valence-electron chi connectivity index (χ1n) is 7.60. The standard InChI is InChI=1S/C17H21FN4O3/c1-17(25-3,12-6-4-5-7-13(12)18)16(23)21-9-11-8-20-14(10-24-2)22-15(11)19/h4-8H,9-10H2,1-3H3,(H,21,23)(H2,19,20,22)/t17-/m1/s1. The van der Waals surface area contributed by atoms with Crippen LogP contribution in [0.5, 0.6) is 0 Å². The van der Waals surface area contributed by atoms with E-state index in [-0.39, 0.29) is 24.5 Å². The van der Waals surface area contributed by atoms with Gasteiger partial charge in [0.05, 0.1) is 0 Å². The van der Waals surface area contributed by atoms with Gasteiger partial charge in [0, 0.05) is 38.1 Å². The van der Waals surface area contributed by atoms with Crippen LogP contribution in [-0.4, -0.2) is 30.1 Å². The molecule has 0 fully saturated rings. The summed E-state index contributed by atoms with van der Waals surface area (Å²) < 4.78 is 24.3. The second kappa shape index (κ2) is 8.00. The van der Waals surface area contributed by atoms with Crippen molar-refractivity contribution in [2.75, 3.05) is 20.0 Å². The monoisotopic (exact) mass is 348 g/mol. The lowest BCUT2D eigenvalue weighted by molar-refractivity contribution is -0.143. The minimum absolute atomic E-state index is 0.0886. The normalized spacial score (nSPS) is 13.3. The molecule has 0 aliphatic carbocycles. The molecule has 0 spiro atoms. The van der Waals surface area contributed by atoms with Gasteiger partial charge in [-0.25, -0.2) is 14.4 Å². The molecule has 0 radical (unpaired) electrons. The van der Waals surface area contributed by atoms with E-state index in [4.69, 9.17) is 15.2 Å². The number of carbonyl (C=O) groups excluding carboxylic acids is 1.